The molecule has 0 aromatic heterocycles. The third-order valence-electron chi connectivity index (χ3n) is 5.08. The molecule has 1 unspecified atom stereocenters. The highest BCUT2D eigenvalue weighted by atomic mass is 35.5. The van der Waals surface area contributed by atoms with E-state index in [0.717, 1.165) is 32.2 Å². The van der Waals surface area contributed by atoms with Gasteiger partial charge in [0.1, 0.15) is 5.54 Å². The van der Waals surface area contributed by atoms with Crippen molar-refractivity contribution in [2.24, 2.45) is 0 Å². The lowest BCUT2D eigenvalue weighted by atomic mass is 9.85. The topological polar surface area (TPSA) is 52.6 Å². The summed E-state index contributed by atoms with van der Waals surface area (Å²) in [6, 6.07) is 7.02. The number of carbonyl (C=O) groups excluding carboxylic acids is 2. The van der Waals surface area contributed by atoms with Crippen LogP contribution >= 0.6 is 11.6 Å². The largest absolute Gasteiger partial charge is 0.338 e. The van der Waals surface area contributed by atoms with Crippen molar-refractivity contribution in [3.8, 4) is 0 Å². The molecule has 3 amide bonds. The van der Waals surface area contributed by atoms with E-state index in [4.69, 9.17) is 11.6 Å². The van der Waals surface area contributed by atoms with Gasteiger partial charge in [0, 0.05) is 29.8 Å². The minimum Gasteiger partial charge on any atom is -0.338 e. The molecule has 0 bridgehead atoms. The van der Waals surface area contributed by atoms with Gasteiger partial charge in [-0.25, -0.2) is 4.79 Å². The molecule has 1 N–H and O–H groups in total. The maximum Gasteiger partial charge on any atom is 0.322 e. The fourth-order valence-electron chi connectivity index (χ4n) is 3.92. The van der Waals surface area contributed by atoms with Crippen molar-refractivity contribution in [3.05, 3.63) is 29.3 Å². The standard InChI is InChI=1S/C18H24ClN3O2/c1-13(2)21-10-4-8-18(16(21)23)9-5-11-22(18)17(24)20-15-7-3-6-14(19)12-15/h3,6-7,12-13H,4-5,8-11H2,1-2H3,(H,20,24). The summed E-state index contributed by atoms with van der Waals surface area (Å²) in [6.45, 7) is 5.45. The molecule has 2 saturated heterocycles. The van der Waals surface area contributed by atoms with E-state index in [1.807, 2.05) is 18.7 Å². The number of hydrogen-bond donors (Lipinski definition) is 1. The molecule has 6 heteroatoms. The second-order valence-corrected chi connectivity index (χ2v) is 7.36. The highest BCUT2D eigenvalue weighted by molar-refractivity contribution is 6.30. The molecule has 130 valence electrons. The van der Waals surface area contributed by atoms with Crippen molar-refractivity contribution in [2.75, 3.05) is 18.4 Å². The Morgan fingerprint density at radius 2 is 1.96 bits per heavy atom. The van der Waals surface area contributed by atoms with E-state index in [2.05, 4.69) is 5.32 Å². The minimum absolute atomic E-state index is 0.0995. The molecule has 24 heavy (non-hydrogen) atoms. The van der Waals surface area contributed by atoms with E-state index in [9.17, 15) is 9.59 Å². The Labute approximate surface area is 147 Å². The second kappa shape index (κ2) is 6.63. The number of urea groups is 1. The first-order valence-electron chi connectivity index (χ1n) is 8.59. The number of nitrogens with one attached hydrogen (secondary N) is 1. The zero-order valence-corrected chi connectivity index (χ0v) is 15.0. The first-order chi connectivity index (χ1) is 11.4. The van der Waals surface area contributed by atoms with Gasteiger partial charge in [-0.05, 0) is 57.7 Å². The molecule has 0 aliphatic carbocycles. The van der Waals surface area contributed by atoms with Crippen molar-refractivity contribution in [1.82, 2.24) is 9.80 Å². The van der Waals surface area contributed by atoms with Gasteiger partial charge in [0.05, 0.1) is 0 Å². The molecular formula is C18H24ClN3O2. The molecule has 1 aromatic rings. The maximum absolute atomic E-state index is 13.1. The number of anilines is 1. The predicted octanol–water partition coefficient (Wildman–Crippen LogP) is 3.74. The van der Waals surface area contributed by atoms with Gasteiger partial charge in [0.25, 0.3) is 0 Å². The van der Waals surface area contributed by atoms with Crippen LogP contribution in [-0.4, -0.2) is 46.4 Å². The highest BCUT2D eigenvalue weighted by Crippen LogP contribution is 2.39. The number of nitrogens with zero attached hydrogens (tertiary/aromatic N) is 2. The van der Waals surface area contributed by atoms with Crippen molar-refractivity contribution in [3.63, 3.8) is 0 Å². The molecule has 1 atom stereocenters. The zero-order valence-electron chi connectivity index (χ0n) is 14.2. The van der Waals surface area contributed by atoms with Crippen molar-refractivity contribution in [1.29, 1.82) is 0 Å². The summed E-state index contributed by atoms with van der Waals surface area (Å²) in [5.74, 6) is 0.0995. The molecule has 2 fully saturated rings. The van der Waals surface area contributed by atoms with E-state index in [0.29, 0.717) is 17.3 Å². The first-order valence-corrected chi connectivity index (χ1v) is 8.97. The lowest BCUT2D eigenvalue weighted by Crippen LogP contribution is -2.63. The van der Waals surface area contributed by atoms with Gasteiger partial charge >= 0.3 is 6.03 Å². The number of piperidine rings is 1. The van der Waals surface area contributed by atoms with E-state index in [1.165, 1.54) is 0 Å². The summed E-state index contributed by atoms with van der Waals surface area (Å²) in [5.41, 5.74) is -0.0240. The molecular weight excluding hydrogens is 326 g/mol. The van der Waals surface area contributed by atoms with Gasteiger partial charge in [0.15, 0.2) is 0 Å². The third kappa shape index (κ3) is 2.97. The quantitative estimate of drug-likeness (QED) is 0.884. The van der Waals surface area contributed by atoms with E-state index in [1.54, 1.807) is 29.2 Å². The average Bonchev–Trinajstić information content (AvgIpc) is 2.94. The Balaban J connectivity index is 1.81. The van der Waals surface area contributed by atoms with Crippen LogP contribution in [0.4, 0.5) is 10.5 Å². The summed E-state index contributed by atoms with van der Waals surface area (Å²) >= 11 is 5.98. The molecule has 1 aromatic carbocycles. The minimum atomic E-state index is -0.675. The van der Waals surface area contributed by atoms with Crippen LogP contribution in [0.25, 0.3) is 0 Å². The number of hydrogen-bond acceptors (Lipinski definition) is 2. The van der Waals surface area contributed by atoms with Gasteiger partial charge in [-0.1, -0.05) is 17.7 Å². The Morgan fingerprint density at radius 3 is 2.62 bits per heavy atom. The van der Waals surface area contributed by atoms with Crippen LogP contribution in [0.5, 0.6) is 0 Å². The van der Waals surface area contributed by atoms with Crippen molar-refractivity contribution >= 4 is 29.2 Å². The summed E-state index contributed by atoms with van der Waals surface area (Å²) in [4.78, 5) is 29.6. The molecule has 3 rings (SSSR count). The van der Waals surface area contributed by atoms with Crippen molar-refractivity contribution in [2.45, 2.75) is 51.1 Å². The van der Waals surface area contributed by atoms with Crippen LogP contribution < -0.4 is 5.32 Å². The summed E-state index contributed by atoms with van der Waals surface area (Å²) in [5, 5.41) is 3.47. The Kier molecular flexibility index (Phi) is 4.72. The molecule has 1 spiro atoms. The zero-order chi connectivity index (χ0) is 17.3. The van der Waals surface area contributed by atoms with E-state index >= 15 is 0 Å². The molecule has 2 aliphatic heterocycles. The van der Waals surface area contributed by atoms with Crippen LogP contribution in [0.15, 0.2) is 24.3 Å². The van der Waals surface area contributed by atoms with Crippen LogP contribution in [0.1, 0.15) is 39.5 Å². The van der Waals surface area contributed by atoms with Crippen LogP contribution in [0, 0.1) is 0 Å². The fourth-order valence-corrected chi connectivity index (χ4v) is 4.11. The molecule has 5 nitrogen and oxygen atoms in total. The molecule has 2 heterocycles. The summed E-state index contributed by atoms with van der Waals surface area (Å²) < 4.78 is 0. The van der Waals surface area contributed by atoms with E-state index in [-0.39, 0.29) is 18.0 Å². The lowest BCUT2D eigenvalue weighted by molar-refractivity contribution is -0.147. The number of amides is 3. The second-order valence-electron chi connectivity index (χ2n) is 6.92. The normalized spacial score (nSPS) is 24.1. The first kappa shape index (κ1) is 17.1. The number of benzene rings is 1. The van der Waals surface area contributed by atoms with Crippen LogP contribution in [0.3, 0.4) is 0 Å². The molecule has 0 saturated carbocycles. The Morgan fingerprint density at radius 1 is 1.25 bits per heavy atom. The SMILES string of the molecule is CC(C)N1CCCC2(CCCN2C(=O)Nc2cccc(Cl)c2)C1=O. The molecule has 2 aliphatic rings. The number of carbonyl (C=O) groups is 2. The number of halogens is 1. The average molecular weight is 350 g/mol. The van der Waals surface area contributed by atoms with Gasteiger partial charge in [-0.15, -0.1) is 0 Å². The van der Waals surface area contributed by atoms with Gasteiger partial charge < -0.3 is 15.1 Å². The summed E-state index contributed by atoms with van der Waals surface area (Å²) in [7, 11) is 0. The Hall–Kier alpha value is -1.75. The lowest BCUT2D eigenvalue weighted by Gasteiger charge is -2.45. The van der Waals surface area contributed by atoms with Gasteiger partial charge in [-0.3, -0.25) is 4.79 Å². The Bertz CT molecular complexity index is 649. The number of likely N-dealkylation sites (tertiary alicyclic amines) is 2. The smallest absolute Gasteiger partial charge is 0.322 e. The summed E-state index contributed by atoms with van der Waals surface area (Å²) in [6.07, 6.45) is 3.29. The van der Waals surface area contributed by atoms with Gasteiger partial charge in [-0.2, -0.15) is 0 Å². The fraction of sp³-hybridized carbons (Fsp3) is 0.556. The van der Waals surface area contributed by atoms with Crippen LogP contribution in [-0.2, 0) is 4.79 Å². The van der Waals surface area contributed by atoms with Crippen LogP contribution in [0.2, 0.25) is 5.02 Å². The third-order valence-corrected chi connectivity index (χ3v) is 5.32. The van der Waals surface area contributed by atoms with Gasteiger partial charge in [0.2, 0.25) is 5.91 Å². The maximum atomic E-state index is 13.1. The monoisotopic (exact) mass is 349 g/mol. The highest BCUT2D eigenvalue weighted by Gasteiger charge is 2.53. The van der Waals surface area contributed by atoms with E-state index < -0.39 is 5.54 Å². The van der Waals surface area contributed by atoms with Crippen molar-refractivity contribution < 1.29 is 9.59 Å². The number of rotatable bonds is 2. The predicted molar refractivity (Wildman–Crippen MR) is 95.2 cm³/mol. The molecule has 0 radical (unpaired) electrons.